The van der Waals surface area contributed by atoms with E-state index in [0.29, 0.717) is 12.1 Å². The fourth-order valence-electron chi connectivity index (χ4n) is 2.46. The van der Waals surface area contributed by atoms with Crippen LogP contribution in [0.25, 0.3) is 10.9 Å². The topological polar surface area (TPSA) is 162 Å². The van der Waals surface area contributed by atoms with Crippen LogP contribution in [0.1, 0.15) is 23.8 Å². The molecule has 0 aliphatic rings. The lowest BCUT2D eigenvalue weighted by atomic mass is 10.2. The Balaban J connectivity index is 1.94. The summed E-state index contributed by atoms with van der Waals surface area (Å²) in [4.78, 5) is 39.8. The van der Waals surface area contributed by atoms with Gasteiger partial charge in [-0.05, 0) is 18.6 Å². The molecule has 3 aromatic rings. The Morgan fingerprint density at radius 2 is 2.00 bits per heavy atom. The van der Waals surface area contributed by atoms with Crippen molar-refractivity contribution in [1.29, 1.82) is 0 Å². The SMILES string of the molecule is CC[C@@H](Nc1cnc(C(N)=O)c(Nc2cnc3ccncc3c2)n1)C(N)=O. The van der Waals surface area contributed by atoms with Crippen LogP contribution in [-0.2, 0) is 4.79 Å². The van der Waals surface area contributed by atoms with Crippen LogP contribution in [0.15, 0.2) is 36.9 Å². The molecule has 0 fully saturated rings. The smallest absolute Gasteiger partial charge is 0.271 e. The zero-order valence-corrected chi connectivity index (χ0v) is 14.5. The van der Waals surface area contributed by atoms with Crippen LogP contribution < -0.4 is 22.1 Å². The number of fused-ring (bicyclic) bond motifs is 1. The Kier molecular flexibility index (Phi) is 5.06. The number of aromatic nitrogens is 4. The van der Waals surface area contributed by atoms with Crippen LogP contribution in [-0.4, -0.2) is 37.8 Å². The number of amides is 2. The fourth-order valence-corrected chi connectivity index (χ4v) is 2.46. The summed E-state index contributed by atoms with van der Waals surface area (Å²) in [6.07, 6.45) is 6.70. The van der Waals surface area contributed by atoms with E-state index in [-0.39, 0.29) is 17.3 Å². The zero-order chi connectivity index (χ0) is 19.4. The van der Waals surface area contributed by atoms with Gasteiger partial charge in [-0.2, -0.15) is 0 Å². The highest BCUT2D eigenvalue weighted by molar-refractivity contribution is 5.96. The average Bonchev–Trinajstić information content (AvgIpc) is 2.65. The van der Waals surface area contributed by atoms with Crippen molar-refractivity contribution in [3.8, 4) is 0 Å². The number of anilines is 3. The van der Waals surface area contributed by atoms with E-state index in [9.17, 15) is 9.59 Å². The second-order valence-electron chi connectivity index (χ2n) is 5.74. The molecule has 138 valence electrons. The van der Waals surface area contributed by atoms with Crippen LogP contribution in [0.5, 0.6) is 0 Å². The molecule has 0 unspecified atom stereocenters. The number of pyridine rings is 2. The first-order chi connectivity index (χ1) is 13.0. The van der Waals surface area contributed by atoms with Crippen molar-refractivity contribution < 1.29 is 9.59 Å². The van der Waals surface area contributed by atoms with Crippen molar-refractivity contribution in [2.45, 2.75) is 19.4 Å². The van der Waals surface area contributed by atoms with Gasteiger partial charge in [-0.1, -0.05) is 6.92 Å². The predicted octanol–water partition coefficient (Wildman–Crippen LogP) is 0.938. The maximum absolute atomic E-state index is 11.7. The molecule has 0 saturated heterocycles. The van der Waals surface area contributed by atoms with Gasteiger partial charge in [0.25, 0.3) is 5.91 Å². The Morgan fingerprint density at radius 1 is 1.19 bits per heavy atom. The molecule has 0 aromatic carbocycles. The molecule has 27 heavy (non-hydrogen) atoms. The van der Waals surface area contributed by atoms with E-state index in [1.807, 2.05) is 6.92 Å². The standard InChI is InChI=1S/C17H18N8O2/c1-2-11(15(18)26)24-13-8-22-14(16(19)27)17(25-13)23-10-5-9-6-20-4-3-12(9)21-7-10/h3-8,11H,2H2,1H3,(H2,18,26)(H2,19,27)(H2,23,24,25)/t11-/m1/s1. The zero-order valence-electron chi connectivity index (χ0n) is 14.5. The van der Waals surface area contributed by atoms with Crippen LogP contribution in [0.3, 0.4) is 0 Å². The van der Waals surface area contributed by atoms with Gasteiger partial charge in [0.1, 0.15) is 11.9 Å². The highest BCUT2D eigenvalue weighted by atomic mass is 16.1. The van der Waals surface area contributed by atoms with Gasteiger partial charge in [-0.3, -0.25) is 19.6 Å². The number of primary amides is 2. The first-order valence-corrected chi connectivity index (χ1v) is 8.17. The number of nitrogens with two attached hydrogens (primary N) is 2. The van der Waals surface area contributed by atoms with E-state index in [1.54, 1.807) is 30.7 Å². The lowest BCUT2D eigenvalue weighted by Gasteiger charge is -2.15. The summed E-state index contributed by atoms with van der Waals surface area (Å²) in [5.41, 5.74) is 12.0. The Hall–Kier alpha value is -3.82. The quantitative estimate of drug-likeness (QED) is 0.480. The summed E-state index contributed by atoms with van der Waals surface area (Å²) in [5, 5.41) is 6.68. The molecule has 2 amide bonds. The molecular formula is C17H18N8O2. The number of hydrogen-bond acceptors (Lipinski definition) is 8. The van der Waals surface area contributed by atoms with Crippen LogP contribution in [0.2, 0.25) is 0 Å². The highest BCUT2D eigenvalue weighted by Crippen LogP contribution is 2.22. The van der Waals surface area contributed by atoms with Gasteiger partial charge in [0.15, 0.2) is 11.5 Å². The highest BCUT2D eigenvalue weighted by Gasteiger charge is 2.17. The monoisotopic (exact) mass is 366 g/mol. The van der Waals surface area contributed by atoms with E-state index in [0.717, 1.165) is 10.9 Å². The first kappa shape index (κ1) is 18.0. The van der Waals surface area contributed by atoms with Gasteiger partial charge in [0, 0.05) is 17.8 Å². The maximum Gasteiger partial charge on any atom is 0.271 e. The number of carbonyl (C=O) groups is 2. The number of hydrogen-bond donors (Lipinski definition) is 4. The summed E-state index contributed by atoms with van der Waals surface area (Å²) >= 11 is 0. The van der Waals surface area contributed by atoms with Gasteiger partial charge in [0.05, 0.1) is 23.6 Å². The fraction of sp³-hybridized carbons (Fsp3) is 0.176. The average molecular weight is 366 g/mol. The molecular weight excluding hydrogens is 348 g/mol. The van der Waals surface area contributed by atoms with Crippen LogP contribution >= 0.6 is 0 Å². The second-order valence-corrected chi connectivity index (χ2v) is 5.74. The minimum Gasteiger partial charge on any atom is -0.368 e. The summed E-state index contributed by atoms with van der Waals surface area (Å²) < 4.78 is 0. The summed E-state index contributed by atoms with van der Waals surface area (Å²) in [6, 6.07) is 2.98. The Labute approximate surface area is 154 Å². The maximum atomic E-state index is 11.7. The van der Waals surface area contributed by atoms with Crippen molar-refractivity contribution in [3.05, 3.63) is 42.6 Å². The molecule has 0 bridgehead atoms. The predicted molar refractivity (Wildman–Crippen MR) is 100 cm³/mol. The van der Waals surface area contributed by atoms with Crippen molar-refractivity contribution >= 4 is 40.0 Å². The van der Waals surface area contributed by atoms with Crippen molar-refractivity contribution in [3.63, 3.8) is 0 Å². The molecule has 10 nitrogen and oxygen atoms in total. The molecule has 3 rings (SSSR count). The number of carbonyl (C=O) groups excluding carboxylic acids is 2. The van der Waals surface area contributed by atoms with Crippen molar-refractivity contribution in [2.75, 3.05) is 10.6 Å². The first-order valence-electron chi connectivity index (χ1n) is 8.17. The molecule has 3 heterocycles. The van der Waals surface area contributed by atoms with Crippen molar-refractivity contribution in [2.24, 2.45) is 11.5 Å². The largest absolute Gasteiger partial charge is 0.368 e. The van der Waals surface area contributed by atoms with E-state index in [2.05, 4.69) is 30.6 Å². The molecule has 1 atom stereocenters. The normalized spacial score (nSPS) is 11.7. The Morgan fingerprint density at radius 3 is 2.70 bits per heavy atom. The molecule has 3 aromatic heterocycles. The third-order valence-corrected chi connectivity index (χ3v) is 3.82. The van der Waals surface area contributed by atoms with Gasteiger partial charge in [-0.15, -0.1) is 0 Å². The molecule has 0 spiro atoms. The molecule has 6 N–H and O–H groups in total. The minimum absolute atomic E-state index is 0.0426. The van der Waals surface area contributed by atoms with Gasteiger partial charge in [-0.25, -0.2) is 9.97 Å². The van der Waals surface area contributed by atoms with E-state index in [1.165, 1.54) is 6.20 Å². The van der Waals surface area contributed by atoms with Gasteiger partial charge in [0.2, 0.25) is 5.91 Å². The van der Waals surface area contributed by atoms with Crippen molar-refractivity contribution in [1.82, 2.24) is 19.9 Å². The lowest BCUT2D eigenvalue weighted by molar-refractivity contribution is -0.118. The van der Waals surface area contributed by atoms with E-state index < -0.39 is 17.9 Å². The van der Waals surface area contributed by atoms with E-state index in [4.69, 9.17) is 11.5 Å². The molecule has 0 aliphatic carbocycles. The van der Waals surface area contributed by atoms with Gasteiger partial charge < -0.3 is 22.1 Å². The van der Waals surface area contributed by atoms with Crippen LogP contribution in [0.4, 0.5) is 17.3 Å². The molecule has 0 saturated carbocycles. The van der Waals surface area contributed by atoms with Crippen LogP contribution in [0, 0.1) is 0 Å². The summed E-state index contributed by atoms with van der Waals surface area (Å²) in [5.74, 6) is -0.839. The number of rotatable bonds is 7. The van der Waals surface area contributed by atoms with Gasteiger partial charge >= 0.3 is 0 Å². The molecule has 10 heteroatoms. The molecule has 0 aliphatic heterocycles. The molecule has 0 radical (unpaired) electrons. The van der Waals surface area contributed by atoms with E-state index >= 15 is 0 Å². The second kappa shape index (κ2) is 7.60. The number of nitrogens with zero attached hydrogens (tertiary/aromatic N) is 4. The summed E-state index contributed by atoms with van der Waals surface area (Å²) in [7, 11) is 0. The number of nitrogens with one attached hydrogen (secondary N) is 2. The summed E-state index contributed by atoms with van der Waals surface area (Å²) in [6.45, 7) is 1.81. The lowest BCUT2D eigenvalue weighted by Crippen LogP contribution is -2.35. The third kappa shape index (κ3) is 4.06. The third-order valence-electron chi connectivity index (χ3n) is 3.82. The Bertz CT molecular complexity index is 1010. The minimum atomic E-state index is -0.742.